The van der Waals surface area contributed by atoms with E-state index in [2.05, 4.69) is 58.4 Å². The molecule has 108 valence electrons. The number of halogens is 1. The van der Waals surface area contributed by atoms with E-state index in [1.807, 2.05) is 24.1 Å². The van der Waals surface area contributed by atoms with Crippen LogP contribution in [-0.2, 0) is 13.6 Å². The molecule has 1 aromatic carbocycles. The Labute approximate surface area is 133 Å². The van der Waals surface area contributed by atoms with Gasteiger partial charge in [0.15, 0.2) is 0 Å². The molecule has 0 amide bonds. The Bertz CT molecular complexity index is 566. The Balaban J connectivity index is 1.98. The molecule has 0 aliphatic carbocycles. The third-order valence-electron chi connectivity index (χ3n) is 2.81. The number of nitrogens with zero attached hydrogens (tertiary/aromatic N) is 2. The van der Waals surface area contributed by atoms with Crippen molar-refractivity contribution >= 4 is 27.7 Å². The predicted octanol–water partition coefficient (Wildman–Crippen LogP) is 4.08. The molecule has 1 N–H and O–H groups in total. The van der Waals surface area contributed by atoms with Gasteiger partial charge < -0.3 is 5.32 Å². The molecule has 0 saturated carbocycles. The van der Waals surface area contributed by atoms with Gasteiger partial charge in [-0.15, -0.1) is 0 Å². The minimum absolute atomic E-state index is 0.675. The van der Waals surface area contributed by atoms with Gasteiger partial charge in [0.2, 0.25) is 0 Å². The van der Waals surface area contributed by atoms with Gasteiger partial charge >= 0.3 is 0 Å². The molecule has 0 unspecified atom stereocenters. The van der Waals surface area contributed by atoms with Gasteiger partial charge in [-0.1, -0.05) is 47.6 Å². The third-order valence-corrected chi connectivity index (χ3v) is 4.48. The number of rotatable bonds is 6. The van der Waals surface area contributed by atoms with Crippen molar-refractivity contribution in [2.45, 2.75) is 30.2 Å². The predicted molar refractivity (Wildman–Crippen MR) is 88.0 cm³/mol. The maximum Gasteiger partial charge on any atom is 0.0629 e. The fourth-order valence-electron chi connectivity index (χ4n) is 1.82. The van der Waals surface area contributed by atoms with Gasteiger partial charge in [0.1, 0.15) is 0 Å². The first kappa shape index (κ1) is 15.6. The number of nitrogens with one attached hydrogen (secondary N) is 1. The molecule has 1 aromatic heterocycles. The molecular weight excluding hydrogens is 334 g/mol. The molecule has 1 heterocycles. The fraction of sp³-hybridized carbons (Fsp3) is 0.400. The normalized spacial score (nSPS) is 11.2. The Hall–Kier alpha value is -0.780. The van der Waals surface area contributed by atoms with Crippen molar-refractivity contribution in [1.82, 2.24) is 15.1 Å². The summed E-state index contributed by atoms with van der Waals surface area (Å²) in [6.07, 6.45) is 3.91. The second-order valence-corrected chi connectivity index (χ2v) is 7.23. The van der Waals surface area contributed by atoms with Crippen molar-refractivity contribution < 1.29 is 0 Å². The molecule has 0 aliphatic rings. The molecule has 0 saturated heterocycles. The van der Waals surface area contributed by atoms with Crippen LogP contribution in [0.2, 0.25) is 0 Å². The maximum absolute atomic E-state index is 4.18. The summed E-state index contributed by atoms with van der Waals surface area (Å²) in [6.45, 7) is 6.38. The molecule has 0 radical (unpaired) electrons. The Morgan fingerprint density at radius 1 is 1.35 bits per heavy atom. The van der Waals surface area contributed by atoms with Gasteiger partial charge in [0.25, 0.3) is 0 Å². The lowest BCUT2D eigenvalue weighted by Gasteiger charge is -2.10. The average molecular weight is 354 g/mol. The van der Waals surface area contributed by atoms with E-state index < -0.39 is 0 Å². The van der Waals surface area contributed by atoms with E-state index in [0.29, 0.717) is 5.92 Å². The number of hydrogen-bond donors (Lipinski definition) is 1. The van der Waals surface area contributed by atoms with E-state index >= 15 is 0 Å². The van der Waals surface area contributed by atoms with E-state index in [4.69, 9.17) is 0 Å². The topological polar surface area (TPSA) is 29.9 Å². The zero-order chi connectivity index (χ0) is 14.5. The van der Waals surface area contributed by atoms with Crippen LogP contribution in [0.25, 0.3) is 0 Å². The van der Waals surface area contributed by atoms with Crippen molar-refractivity contribution in [3.63, 3.8) is 0 Å². The van der Waals surface area contributed by atoms with Crippen molar-refractivity contribution in [2.24, 2.45) is 13.0 Å². The fourth-order valence-corrected chi connectivity index (χ4v) is 3.38. The number of aromatic nitrogens is 2. The molecule has 0 aliphatic heterocycles. The van der Waals surface area contributed by atoms with Crippen LogP contribution in [-0.4, -0.2) is 16.3 Å². The molecule has 0 atom stereocenters. The van der Waals surface area contributed by atoms with Crippen LogP contribution in [0.15, 0.2) is 44.9 Å². The van der Waals surface area contributed by atoms with Crippen LogP contribution in [0.1, 0.15) is 19.4 Å². The summed E-state index contributed by atoms with van der Waals surface area (Å²) in [5.74, 6) is 0.675. The standard InChI is InChI=1S/C15H20BrN3S/c1-11(2)7-17-8-12-4-5-13(6-15(12)16)20-14-9-18-19(3)10-14/h4-6,9-11,17H,7-8H2,1-3H3. The monoisotopic (exact) mass is 353 g/mol. The summed E-state index contributed by atoms with van der Waals surface area (Å²) in [6, 6.07) is 6.51. The minimum Gasteiger partial charge on any atom is -0.312 e. The molecule has 5 heteroatoms. The molecule has 0 fully saturated rings. The van der Waals surface area contributed by atoms with E-state index in [1.54, 1.807) is 11.8 Å². The van der Waals surface area contributed by atoms with Gasteiger partial charge in [-0.3, -0.25) is 4.68 Å². The summed E-state index contributed by atoms with van der Waals surface area (Å²) in [5.41, 5.74) is 1.29. The second kappa shape index (κ2) is 7.29. The van der Waals surface area contributed by atoms with Gasteiger partial charge in [0, 0.05) is 29.2 Å². The zero-order valence-corrected chi connectivity index (χ0v) is 14.5. The summed E-state index contributed by atoms with van der Waals surface area (Å²) in [7, 11) is 1.93. The van der Waals surface area contributed by atoms with E-state index in [-0.39, 0.29) is 0 Å². The van der Waals surface area contributed by atoms with Gasteiger partial charge in [-0.2, -0.15) is 5.10 Å². The van der Waals surface area contributed by atoms with Crippen LogP contribution in [0.3, 0.4) is 0 Å². The van der Waals surface area contributed by atoms with Crippen molar-refractivity contribution in [2.75, 3.05) is 6.54 Å². The first-order valence-corrected chi connectivity index (χ1v) is 8.31. The maximum atomic E-state index is 4.18. The highest BCUT2D eigenvalue weighted by molar-refractivity contribution is 9.10. The highest BCUT2D eigenvalue weighted by Gasteiger charge is 2.05. The highest BCUT2D eigenvalue weighted by atomic mass is 79.9. The molecule has 0 spiro atoms. The van der Waals surface area contributed by atoms with Crippen LogP contribution >= 0.6 is 27.7 Å². The van der Waals surface area contributed by atoms with E-state index in [9.17, 15) is 0 Å². The summed E-state index contributed by atoms with van der Waals surface area (Å²) < 4.78 is 2.98. The lowest BCUT2D eigenvalue weighted by molar-refractivity contribution is 0.551. The summed E-state index contributed by atoms with van der Waals surface area (Å²) in [4.78, 5) is 2.38. The second-order valence-electron chi connectivity index (χ2n) is 5.23. The SMILES string of the molecule is CC(C)CNCc1ccc(Sc2cnn(C)c2)cc1Br. The Morgan fingerprint density at radius 2 is 2.15 bits per heavy atom. The van der Waals surface area contributed by atoms with Crippen LogP contribution in [0, 0.1) is 5.92 Å². The first-order valence-electron chi connectivity index (χ1n) is 6.70. The van der Waals surface area contributed by atoms with Crippen LogP contribution < -0.4 is 5.32 Å². The lowest BCUT2D eigenvalue weighted by Crippen LogP contribution is -2.19. The van der Waals surface area contributed by atoms with Crippen molar-refractivity contribution in [3.8, 4) is 0 Å². The van der Waals surface area contributed by atoms with Crippen molar-refractivity contribution in [1.29, 1.82) is 0 Å². The summed E-state index contributed by atoms with van der Waals surface area (Å²) in [5, 5.41) is 7.65. The lowest BCUT2D eigenvalue weighted by atomic mass is 10.2. The third kappa shape index (κ3) is 4.65. The Kier molecular flexibility index (Phi) is 5.69. The highest BCUT2D eigenvalue weighted by Crippen LogP contribution is 2.30. The number of hydrogen-bond acceptors (Lipinski definition) is 3. The van der Waals surface area contributed by atoms with Gasteiger partial charge in [-0.25, -0.2) is 0 Å². The molecule has 2 aromatic rings. The summed E-state index contributed by atoms with van der Waals surface area (Å²) >= 11 is 5.39. The van der Waals surface area contributed by atoms with Gasteiger partial charge in [-0.05, 0) is 30.2 Å². The van der Waals surface area contributed by atoms with Gasteiger partial charge in [0.05, 0.1) is 11.1 Å². The molecule has 20 heavy (non-hydrogen) atoms. The smallest absolute Gasteiger partial charge is 0.0629 e. The van der Waals surface area contributed by atoms with Crippen LogP contribution in [0.5, 0.6) is 0 Å². The van der Waals surface area contributed by atoms with Crippen LogP contribution in [0.4, 0.5) is 0 Å². The molecular formula is C15H20BrN3S. The first-order chi connectivity index (χ1) is 9.54. The average Bonchev–Trinajstić information content (AvgIpc) is 2.77. The zero-order valence-electron chi connectivity index (χ0n) is 12.1. The van der Waals surface area contributed by atoms with E-state index in [0.717, 1.165) is 22.5 Å². The van der Waals surface area contributed by atoms with E-state index in [1.165, 1.54) is 10.5 Å². The number of benzene rings is 1. The van der Waals surface area contributed by atoms with Crippen molar-refractivity contribution in [3.05, 3.63) is 40.6 Å². The molecule has 2 rings (SSSR count). The Morgan fingerprint density at radius 3 is 2.75 bits per heavy atom. The minimum atomic E-state index is 0.675. The quantitative estimate of drug-likeness (QED) is 0.848. The largest absolute Gasteiger partial charge is 0.312 e. The number of aryl methyl sites for hydroxylation is 1. The molecule has 3 nitrogen and oxygen atoms in total. The molecule has 0 bridgehead atoms.